The lowest BCUT2D eigenvalue weighted by molar-refractivity contribution is 0.395. The summed E-state index contributed by atoms with van der Waals surface area (Å²) < 4.78 is 18.7. The molecule has 0 N–H and O–H groups in total. The first-order valence-corrected chi connectivity index (χ1v) is 22.1. The lowest BCUT2D eigenvalue weighted by Crippen LogP contribution is -2.86. The fraction of sp³-hybridized carbons (Fsp3) is 1.00. The van der Waals surface area contributed by atoms with E-state index in [2.05, 4.69) is 58.3 Å². The Kier molecular flexibility index (Phi) is 8.46. The third-order valence-electron chi connectivity index (χ3n) is 5.77. The zero-order valence-corrected chi connectivity index (χ0v) is 20.8. The monoisotopic (exact) mass is 381 g/mol. The highest BCUT2D eigenvalue weighted by Crippen LogP contribution is 2.41. The zero-order valence-electron chi connectivity index (χ0n) is 16.8. The molecule has 0 saturated heterocycles. The summed E-state index contributed by atoms with van der Waals surface area (Å²) in [5, 5.41) is 0. The first-order chi connectivity index (χ1) is 9.85. The van der Waals surface area contributed by atoms with Gasteiger partial charge in [0.05, 0.1) is 0 Å². The van der Waals surface area contributed by atoms with Gasteiger partial charge in [0.15, 0.2) is 23.5 Å². The number of hydrogen-bond acceptors (Lipinski definition) is 4. The van der Waals surface area contributed by atoms with Gasteiger partial charge in [-0.1, -0.05) is 6.04 Å². The molecule has 0 heterocycles. The second kappa shape index (κ2) is 8.19. The van der Waals surface area contributed by atoms with Gasteiger partial charge in [-0.05, 0) is 66.3 Å². The van der Waals surface area contributed by atoms with Gasteiger partial charge in [0.25, 0.3) is 0 Å². The van der Waals surface area contributed by atoms with Crippen LogP contribution in [0.25, 0.3) is 0 Å². The van der Waals surface area contributed by atoms with Crippen LogP contribution in [-0.4, -0.2) is 77.0 Å². The van der Waals surface area contributed by atoms with Crippen LogP contribution in [0.3, 0.4) is 0 Å². The number of hydrogen-bond donors (Lipinski definition) is 0. The van der Waals surface area contributed by atoms with Crippen LogP contribution >= 0.6 is 0 Å². The predicted octanol–water partition coefficient (Wildman–Crippen LogP) is 3.18. The number of rotatable bonds is 10. The summed E-state index contributed by atoms with van der Waals surface area (Å²) in [4.78, 5) is 2.28. The Morgan fingerprint density at radius 2 is 1.00 bits per heavy atom. The van der Waals surface area contributed by atoms with Crippen LogP contribution in [0.5, 0.6) is 0 Å². The highest BCUT2D eigenvalue weighted by atomic mass is 29.9. The Morgan fingerprint density at radius 3 is 1.23 bits per heavy atom. The van der Waals surface area contributed by atoms with Gasteiger partial charge >= 0.3 is 0 Å². The van der Waals surface area contributed by atoms with E-state index in [-0.39, 0.29) is 0 Å². The highest BCUT2D eigenvalue weighted by molar-refractivity contribution is 7.87. The van der Waals surface area contributed by atoms with Crippen LogP contribution in [0.1, 0.15) is 6.42 Å². The minimum atomic E-state index is -1.85. The Hall–Kier alpha value is 0.708. The van der Waals surface area contributed by atoms with E-state index in [1.165, 1.54) is 12.5 Å². The van der Waals surface area contributed by atoms with Crippen molar-refractivity contribution in [2.45, 2.75) is 51.7 Å². The van der Waals surface area contributed by atoms with Crippen molar-refractivity contribution < 1.29 is 13.3 Å². The average Bonchev–Trinajstić information content (AvgIpc) is 2.42. The van der Waals surface area contributed by atoms with Crippen molar-refractivity contribution in [2.75, 3.05) is 42.0 Å². The molecule has 0 aromatic carbocycles. The standard InChI is InChI=1S/C14H39NO3Si4/c1-15(2)13-12-14-22(19(6,7)16-3,20(8,9)17-4)21(10,11)18-5/h12-14H2,1-11H3. The van der Waals surface area contributed by atoms with Crippen LogP contribution < -0.4 is 0 Å². The van der Waals surface area contributed by atoms with Gasteiger partial charge in [0.2, 0.25) is 0 Å². The van der Waals surface area contributed by atoms with Crippen molar-refractivity contribution in [2.24, 2.45) is 0 Å². The predicted molar refractivity (Wildman–Crippen MR) is 107 cm³/mol. The molecule has 0 aromatic rings. The zero-order chi connectivity index (χ0) is 17.8. The van der Waals surface area contributed by atoms with Crippen molar-refractivity contribution in [3.05, 3.63) is 0 Å². The van der Waals surface area contributed by atoms with Crippen molar-refractivity contribution in [3.8, 4) is 0 Å². The fourth-order valence-electron chi connectivity index (χ4n) is 4.26. The average molecular weight is 382 g/mol. The SMILES string of the molecule is CO[Si](C)(C)[Si](CCCN(C)C)([Si](C)(C)OC)[Si](C)(C)OC. The van der Waals surface area contributed by atoms with E-state index >= 15 is 0 Å². The lowest BCUT2D eigenvalue weighted by Gasteiger charge is -2.56. The van der Waals surface area contributed by atoms with Crippen LogP contribution in [0.4, 0.5) is 0 Å². The van der Waals surface area contributed by atoms with E-state index < -0.39 is 30.1 Å². The van der Waals surface area contributed by atoms with Gasteiger partial charge in [0.1, 0.15) is 6.63 Å². The third-order valence-corrected chi connectivity index (χ3v) is 71.2. The van der Waals surface area contributed by atoms with E-state index in [0.29, 0.717) is 0 Å². The summed E-state index contributed by atoms with van der Waals surface area (Å²) in [5.74, 6) is 0. The van der Waals surface area contributed by atoms with E-state index in [9.17, 15) is 0 Å². The third kappa shape index (κ3) is 4.21. The Bertz CT molecular complexity index is 308. The van der Waals surface area contributed by atoms with Gasteiger partial charge < -0.3 is 18.2 Å². The van der Waals surface area contributed by atoms with Crippen molar-refractivity contribution in [3.63, 3.8) is 0 Å². The van der Waals surface area contributed by atoms with Crippen molar-refractivity contribution in [1.82, 2.24) is 4.90 Å². The van der Waals surface area contributed by atoms with E-state index in [1.807, 2.05) is 21.3 Å². The molecule has 0 saturated carbocycles. The molecule has 0 unspecified atom stereocenters. The minimum absolute atomic E-state index is 1.13. The quantitative estimate of drug-likeness (QED) is 0.544. The van der Waals surface area contributed by atoms with E-state index in [0.717, 1.165) is 6.54 Å². The molecule has 0 bridgehead atoms. The normalized spacial score (nSPS) is 14.7. The van der Waals surface area contributed by atoms with Crippen LogP contribution in [0, 0.1) is 0 Å². The smallest absolute Gasteiger partial charge is 0.174 e. The molecule has 22 heavy (non-hydrogen) atoms. The molecule has 0 rings (SSSR count). The highest BCUT2D eigenvalue weighted by Gasteiger charge is 2.69. The van der Waals surface area contributed by atoms with Gasteiger partial charge in [0, 0.05) is 21.3 Å². The van der Waals surface area contributed by atoms with Crippen LogP contribution in [0.2, 0.25) is 45.3 Å². The fourth-order valence-corrected chi connectivity index (χ4v) is 80.0. The first kappa shape index (κ1) is 22.7. The lowest BCUT2D eigenvalue weighted by atomic mass is 10.5. The molecular weight excluding hydrogens is 343 g/mol. The summed E-state index contributed by atoms with van der Waals surface area (Å²) >= 11 is 0. The number of nitrogens with zero attached hydrogens (tertiary/aromatic N) is 1. The molecule has 134 valence electrons. The molecule has 0 amide bonds. The summed E-state index contributed by atoms with van der Waals surface area (Å²) in [7, 11) is 4.51. The summed E-state index contributed by atoms with van der Waals surface area (Å²) in [6.07, 6.45) is 1.22. The topological polar surface area (TPSA) is 30.9 Å². The first-order valence-electron chi connectivity index (χ1n) is 8.15. The van der Waals surface area contributed by atoms with Crippen LogP contribution in [0.15, 0.2) is 0 Å². The molecule has 0 aliphatic carbocycles. The maximum absolute atomic E-state index is 6.23. The Labute approximate surface area is 142 Å². The second-order valence-electron chi connectivity index (χ2n) is 7.96. The maximum Gasteiger partial charge on any atom is 0.174 e. The minimum Gasteiger partial charge on any atom is -0.423 e. The molecule has 0 aromatic heterocycles. The van der Waals surface area contributed by atoms with Crippen molar-refractivity contribution >= 4 is 30.1 Å². The molecular formula is C14H39NO3Si4. The van der Waals surface area contributed by atoms with Gasteiger partial charge in [-0.15, -0.1) is 0 Å². The molecule has 0 atom stereocenters. The van der Waals surface area contributed by atoms with E-state index in [1.54, 1.807) is 0 Å². The maximum atomic E-state index is 6.23. The largest absolute Gasteiger partial charge is 0.423 e. The van der Waals surface area contributed by atoms with Gasteiger partial charge in [-0.3, -0.25) is 0 Å². The summed E-state index contributed by atoms with van der Waals surface area (Å²) in [5.41, 5.74) is 0. The van der Waals surface area contributed by atoms with E-state index in [4.69, 9.17) is 13.3 Å². The molecule has 0 radical (unpaired) electrons. The van der Waals surface area contributed by atoms with Crippen molar-refractivity contribution in [1.29, 1.82) is 0 Å². The van der Waals surface area contributed by atoms with Gasteiger partial charge in [-0.25, -0.2) is 0 Å². The Balaban J connectivity index is 6.07. The molecule has 0 aliphatic rings. The molecule has 0 fully saturated rings. The molecule has 0 spiro atoms. The van der Waals surface area contributed by atoms with Crippen LogP contribution in [-0.2, 0) is 13.3 Å². The summed E-state index contributed by atoms with van der Waals surface area (Å²) in [6, 6.07) is 1.28. The Morgan fingerprint density at radius 1 is 0.682 bits per heavy atom. The second-order valence-corrected chi connectivity index (χ2v) is 43.6. The molecule has 0 aliphatic heterocycles. The molecule has 8 heteroatoms. The van der Waals surface area contributed by atoms with Gasteiger partial charge in [-0.2, -0.15) is 0 Å². The summed E-state index contributed by atoms with van der Waals surface area (Å²) in [6.45, 7) is 13.8. The molecule has 4 nitrogen and oxygen atoms in total.